The lowest BCUT2D eigenvalue weighted by atomic mass is 10.1. The van der Waals surface area contributed by atoms with Crippen molar-refractivity contribution in [1.82, 2.24) is 0 Å². The molecule has 0 saturated carbocycles. The molecule has 0 aliphatic heterocycles. The van der Waals surface area contributed by atoms with Crippen LogP contribution in [0, 0.1) is 0 Å². The highest BCUT2D eigenvalue weighted by Crippen LogP contribution is 2.25. The van der Waals surface area contributed by atoms with E-state index in [4.69, 9.17) is 9.47 Å². The lowest BCUT2D eigenvalue weighted by molar-refractivity contribution is -0.118. The minimum atomic E-state index is -0.192. The van der Waals surface area contributed by atoms with Crippen LogP contribution in [0.2, 0.25) is 0 Å². The van der Waals surface area contributed by atoms with Gasteiger partial charge in [-0.25, -0.2) is 0 Å². The molecular formula is C20H19NO3S. The second-order valence-electron chi connectivity index (χ2n) is 5.44. The molecule has 5 heteroatoms. The number of amides is 1. The maximum Gasteiger partial charge on any atom is 0.262 e. The van der Waals surface area contributed by atoms with Gasteiger partial charge in [-0.3, -0.25) is 4.79 Å². The van der Waals surface area contributed by atoms with Gasteiger partial charge in [0.15, 0.2) is 6.61 Å². The van der Waals surface area contributed by atoms with Gasteiger partial charge in [0.25, 0.3) is 5.91 Å². The van der Waals surface area contributed by atoms with E-state index in [0.29, 0.717) is 5.75 Å². The van der Waals surface area contributed by atoms with E-state index in [0.717, 1.165) is 27.1 Å². The van der Waals surface area contributed by atoms with Crippen LogP contribution in [0.5, 0.6) is 11.5 Å². The van der Waals surface area contributed by atoms with Crippen molar-refractivity contribution >= 4 is 34.1 Å². The predicted octanol–water partition coefficient (Wildman–Crippen LogP) is 4.59. The first-order valence-corrected chi connectivity index (χ1v) is 9.05. The molecule has 3 rings (SSSR count). The number of rotatable bonds is 6. The minimum absolute atomic E-state index is 0.0419. The fraction of sp³-hybridized carbons (Fsp3) is 0.150. The topological polar surface area (TPSA) is 47.6 Å². The molecule has 25 heavy (non-hydrogen) atoms. The number of nitrogens with one attached hydrogen (secondary N) is 1. The van der Waals surface area contributed by atoms with Crippen LogP contribution in [-0.2, 0) is 4.79 Å². The van der Waals surface area contributed by atoms with Crippen LogP contribution in [0.4, 0.5) is 5.69 Å². The Labute approximate surface area is 151 Å². The van der Waals surface area contributed by atoms with Gasteiger partial charge in [0, 0.05) is 10.6 Å². The number of carbonyl (C=O) groups is 1. The fourth-order valence-electron chi connectivity index (χ4n) is 2.44. The molecule has 0 atom stereocenters. The minimum Gasteiger partial charge on any atom is -0.497 e. The molecule has 0 unspecified atom stereocenters. The van der Waals surface area contributed by atoms with Crippen molar-refractivity contribution in [3.63, 3.8) is 0 Å². The number of carbonyl (C=O) groups excluding carboxylic acids is 1. The molecule has 0 fully saturated rings. The van der Waals surface area contributed by atoms with Crippen molar-refractivity contribution in [3.05, 3.63) is 60.7 Å². The van der Waals surface area contributed by atoms with Crippen molar-refractivity contribution in [3.8, 4) is 11.5 Å². The lowest BCUT2D eigenvalue weighted by Crippen LogP contribution is -2.20. The summed E-state index contributed by atoms with van der Waals surface area (Å²) in [5, 5.41) is 4.92. The van der Waals surface area contributed by atoms with Crippen molar-refractivity contribution in [2.75, 3.05) is 25.3 Å². The Morgan fingerprint density at radius 2 is 1.64 bits per heavy atom. The number of hydrogen-bond acceptors (Lipinski definition) is 4. The van der Waals surface area contributed by atoms with Crippen molar-refractivity contribution < 1.29 is 14.3 Å². The third kappa shape index (κ3) is 4.45. The summed E-state index contributed by atoms with van der Waals surface area (Å²) in [6.45, 7) is -0.0419. The third-order valence-corrected chi connectivity index (χ3v) is 4.51. The van der Waals surface area contributed by atoms with Crippen molar-refractivity contribution in [2.24, 2.45) is 0 Å². The maximum atomic E-state index is 12.0. The first kappa shape index (κ1) is 17.2. The molecule has 1 amide bonds. The zero-order valence-electron chi connectivity index (χ0n) is 14.1. The molecule has 0 saturated heterocycles. The first-order valence-electron chi connectivity index (χ1n) is 7.82. The number of fused-ring (bicyclic) bond motifs is 1. The van der Waals surface area contributed by atoms with Gasteiger partial charge in [-0.15, -0.1) is 11.8 Å². The zero-order chi connectivity index (χ0) is 17.6. The molecule has 0 aliphatic rings. The highest BCUT2D eigenvalue weighted by Gasteiger charge is 2.05. The van der Waals surface area contributed by atoms with E-state index in [-0.39, 0.29) is 12.5 Å². The number of methoxy groups -OCH3 is 1. The molecule has 0 aliphatic carbocycles. The van der Waals surface area contributed by atoms with Gasteiger partial charge in [-0.1, -0.05) is 12.1 Å². The van der Waals surface area contributed by atoms with Crippen molar-refractivity contribution in [1.29, 1.82) is 0 Å². The summed E-state index contributed by atoms with van der Waals surface area (Å²) in [4.78, 5) is 13.2. The van der Waals surface area contributed by atoms with Crippen LogP contribution in [0.25, 0.3) is 10.8 Å². The summed E-state index contributed by atoms with van der Waals surface area (Å²) in [5.74, 6) is 1.24. The summed E-state index contributed by atoms with van der Waals surface area (Å²) in [5.41, 5.74) is 0.759. The highest BCUT2D eigenvalue weighted by molar-refractivity contribution is 7.98. The number of anilines is 1. The predicted molar refractivity (Wildman–Crippen MR) is 103 cm³/mol. The highest BCUT2D eigenvalue weighted by atomic mass is 32.2. The van der Waals surface area contributed by atoms with Gasteiger partial charge in [0.1, 0.15) is 11.5 Å². The molecule has 3 aromatic carbocycles. The Bertz CT molecular complexity index is 878. The van der Waals surface area contributed by atoms with Crippen LogP contribution in [-0.4, -0.2) is 25.9 Å². The summed E-state index contributed by atoms with van der Waals surface area (Å²) in [6, 6.07) is 19.3. The molecular weight excluding hydrogens is 334 g/mol. The molecule has 3 aromatic rings. The maximum absolute atomic E-state index is 12.0. The van der Waals surface area contributed by atoms with Gasteiger partial charge < -0.3 is 14.8 Å². The largest absolute Gasteiger partial charge is 0.497 e. The third-order valence-electron chi connectivity index (χ3n) is 3.76. The number of thioether (sulfide) groups is 1. The van der Waals surface area contributed by atoms with Gasteiger partial charge >= 0.3 is 0 Å². The van der Waals surface area contributed by atoms with Gasteiger partial charge in [-0.2, -0.15) is 0 Å². The first-order chi connectivity index (χ1) is 12.2. The fourth-order valence-corrected chi connectivity index (χ4v) is 2.85. The normalized spacial score (nSPS) is 10.5. The van der Waals surface area contributed by atoms with E-state index < -0.39 is 0 Å². The molecule has 0 bridgehead atoms. The smallest absolute Gasteiger partial charge is 0.262 e. The zero-order valence-corrected chi connectivity index (χ0v) is 14.9. The van der Waals surface area contributed by atoms with E-state index in [1.807, 2.05) is 66.9 Å². The average molecular weight is 353 g/mol. The van der Waals surface area contributed by atoms with Crippen LogP contribution < -0.4 is 14.8 Å². The second-order valence-corrected chi connectivity index (χ2v) is 6.32. The Kier molecular flexibility index (Phi) is 5.46. The molecule has 4 nitrogen and oxygen atoms in total. The average Bonchev–Trinajstić information content (AvgIpc) is 2.66. The Balaban J connectivity index is 1.61. The molecule has 0 radical (unpaired) electrons. The van der Waals surface area contributed by atoms with E-state index in [1.165, 1.54) is 0 Å². The summed E-state index contributed by atoms with van der Waals surface area (Å²) in [7, 11) is 1.64. The summed E-state index contributed by atoms with van der Waals surface area (Å²) >= 11 is 1.66. The molecule has 0 heterocycles. The van der Waals surface area contributed by atoms with Crippen LogP contribution in [0.3, 0.4) is 0 Å². The standard InChI is InChI=1S/C20H19NO3S/c1-23-17-7-3-14-4-8-18(12-15(14)11-17)24-13-20(22)21-16-5-9-19(25-2)10-6-16/h3-12H,13H2,1-2H3,(H,21,22). The SMILES string of the molecule is COc1ccc2ccc(OCC(=O)Nc3ccc(SC)cc3)cc2c1. The van der Waals surface area contributed by atoms with E-state index >= 15 is 0 Å². The molecule has 0 aromatic heterocycles. The second kappa shape index (κ2) is 7.94. The van der Waals surface area contributed by atoms with Gasteiger partial charge in [0.05, 0.1) is 7.11 Å². The summed E-state index contributed by atoms with van der Waals surface area (Å²) in [6.07, 6.45) is 2.01. The molecule has 0 spiro atoms. The van der Waals surface area contributed by atoms with Crippen LogP contribution in [0.15, 0.2) is 65.6 Å². The molecule has 128 valence electrons. The van der Waals surface area contributed by atoms with E-state index in [9.17, 15) is 4.79 Å². The Hall–Kier alpha value is -2.66. The van der Waals surface area contributed by atoms with Gasteiger partial charge in [0.2, 0.25) is 0 Å². The van der Waals surface area contributed by atoms with Crippen LogP contribution in [0.1, 0.15) is 0 Å². The quantitative estimate of drug-likeness (QED) is 0.659. The Morgan fingerprint density at radius 1 is 0.960 bits per heavy atom. The van der Waals surface area contributed by atoms with E-state index in [1.54, 1.807) is 18.9 Å². The monoisotopic (exact) mass is 353 g/mol. The Morgan fingerprint density at radius 3 is 2.32 bits per heavy atom. The molecule has 1 N–H and O–H groups in total. The van der Waals surface area contributed by atoms with Crippen LogP contribution >= 0.6 is 11.8 Å². The number of hydrogen-bond donors (Lipinski definition) is 1. The summed E-state index contributed by atoms with van der Waals surface area (Å²) < 4.78 is 10.8. The lowest BCUT2D eigenvalue weighted by Gasteiger charge is -2.09. The van der Waals surface area contributed by atoms with Gasteiger partial charge in [-0.05, 0) is 65.6 Å². The van der Waals surface area contributed by atoms with Crippen molar-refractivity contribution in [2.45, 2.75) is 4.90 Å². The number of ether oxygens (including phenoxy) is 2. The van der Waals surface area contributed by atoms with E-state index in [2.05, 4.69) is 5.32 Å². The number of benzene rings is 3.